The van der Waals surface area contributed by atoms with Crippen LogP contribution < -0.4 is 9.46 Å². The van der Waals surface area contributed by atoms with Gasteiger partial charge in [0.1, 0.15) is 12.4 Å². The molecule has 44 heavy (non-hydrogen) atoms. The molecular formula is C37H75N2O4P. The van der Waals surface area contributed by atoms with Gasteiger partial charge in [-0.25, -0.2) is 9.13 Å². The minimum atomic E-state index is -4.04. The third-order valence-corrected chi connectivity index (χ3v) is 9.28. The lowest BCUT2D eigenvalue weighted by molar-refractivity contribution is -0.696. The third kappa shape index (κ3) is 31.3. The molecular weight excluding hydrogens is 567 g/mol. The summed E-state index contributed by atoms with van der Waals surface area (Å²) in [7, 11) is -4.04. The summed E-state index contributed by atoms with van der Waals surface area (Å²) in [5.74, 6) is 0. The van der Waals surface area contributed by atoms with E-state index in [1.165, 1.54) is 129 Å². The zero-order valence-corrected chi connectivity index (χ0v) is 30.8. The van der Waals surface area contributed by atoms with Crippen molar-refractivity contribution in [2.24, 2.45) is 0 Å². The Hall–Kier alpha value is -0.680. The molecule has 0 atom stereocenters. The third-order valence-electron chi connectivity index (χ3n) is 8.28. The molecule has 7 heteroatoms. The summed E-state index contributed by atoms with van der Waals surface area (Å²) >= 11 is 0. The quantitative estimate of drug-likeness (QED) is 0.0445. The van der Waals surface area contributed by atoms with E-state index in [0.29, 0.717) is 0 Å². The van der Waals surface area contributed by atoms with Crippen LogP contribution in [-0.2, 0) is 26.7 Å². The lowest BCUT2D eigenvalue weighted by Crippen LogP contribution is -2.30. The van der Waals surface area contributed by atoms with Crippen molar-refractivity contribution in [1.29, 1.82) is 0 Å². The zero-order valence-electron chi connectivity index (χ0n) is 29.9. The van der Waals surface area contributed by atoms with Crippen LogP contribution >= 0.6 is 7.82 Å². The normalized spacial score (nSPS) is 11.6. The fourth-order valence-electron chi connectivity index (χ4n) is 5.36. The van der Waals surface area contributed by atoms with Gasteiger partial charge in [0, 0.05) is 0 Å². The van der Waals surface area contributed by atoms with Gasteiger partial charge in [-0.3, -0.25) is 4.57 Å². The maximum absolute atomic E-state index is 11.3. The number of rotatable bonds is 32. The Kier molecular flexibility index (Phi) is 33.2. The Labute approximate surface area is 274 Å². The van der Waals surface area contributed by atoms with Crippen LogP contribution in [0.3, 0.4) is 0 Å². The van der Waals surface area contributed by atoms with Gasteiger partial charge in [0.05, 0.1) is 26.3 Å². The molecule has 0 aliphatic carbocycles. The van der Waals surface area contributed by atoms with Crippen LogP contribution in [-0.4, -0.2) is 17.8 Å². The van der Waals surface area contributed by atoms with E-state index < -0.39 is 7.82 Å². The Bertz CT molecular complexity index is 725. The highest BCUT2D eigenvalue weighted by Crippen LogP contribution is 2.38. The fraction of sp³-hybridized carbons (Fsp3) is 0.919. The molecule has 1 aromatic rings. The van der Waals surface area contributed by atoms with E-state index >= 15 is 0 Å². The average Bonchev–Trinajstić information content (AvgIpc) is 3.47. The number of imidazole rings is 1. The van der Waals surface area contributed by atoms with E-state index in [1.807, 2.05) is 0 Å². The van der Waals surface area contributed by atoms with Crippen molar-refractivity contribution in [1.82, 2.24) is 4.57 Å². The van der Waals surface area contributed by atoms with Gasteiger partial charge in [0.15, 0.2) is 0 Å². The number of hydrogen-bond acceptors (Lipinski definition) is 4. The Morgan fingerprint density at radius 1 is 0.545 bits per heavy atom. The van der Waals surface area contributed by atoms with Crippen molar-refractivity contribution in [3.63, 3.8) is 0 Å². The minimum Gasteiger partial charge on any atom is -0.756 e. The molecule has 262 valence electrons. The van der Waals surface area contributed by atoms with Gasteiger partial charge in [-0.05, 0) is 38.5 Å². The molecule has 0 unspecified atom stereocenters. The van der Waals surface area contributed by atoms with Crippen LogP contribution in [0.15, 0.2) is 18.7 Å². The lowest BCUT2D eigenvalue weighted by Gasteiger charge is -2.22. The molecule has 0 radical (unpaired) electrons. The van der Waals surface area contributed by atoms with Crippen LogP contribution in [0.25, 0.3) is 0 Å². The second kappa shape index (κ2) is 33.7. The molecule has 1 rings (SSSR count). The SMILES string of the molecule is CCCCCCCCCCCCCCCC[n+]1ccn(CCCCCC)c1.CCCCCCOP(=O)([O-])OCCCCCC. The number of phosphoric acid groups is 1. The standard InChI is InChI=1S/C25H49N2.C12H27O4P/c1-3-5-7-9-10-11-12-13-14-15-16-17-18-20-22-27-24-23-26(25-27)21-19-8-6-4-2;1-3-5-7-9-11-15-17(13,14)16-12-10-8-6-4-2/h23-25H,3-22H2,1-2H3;3-12H2,1-2H3,(H,13,14)/q+1;/p-1. The molecule has 0 bridgehead atoms. The second-order valence-electron chi connectivity index (χ2n) is 12.8. The molecule has 1 heterocycles. The summed E-state index contributed by atoms with van der Waals surface area (Å²) < 4.78 is 25.5. The van der Waals surface area contributed by atoms with Crippen LogP contribution in [0.2, 0.25) is 0 Å². The summed E-state index contributed by atoms with van der Waals surface area (Å²) in [6.45, 7) is 11.7. The van der Waals surface area contributed by atoms with E-state index in [-0.39, 0.29) is 13.2 Å². The molecule has 0 aromatic carbocycles. The number of aromatic nitrogens is 2. The first-order chi connectivity index (χ1) is 21.5. The molecule has 0 aliphatic rings. The van der Waals surface area contributed by atoms with E-state index in [1.54, 1.807) is 0 Å². The topological polar surface area (TPSA) is 67.4 Å². The Balaban J connectivity index is 0.000000938. The van der Waals surface area contributed by atoms with Gasteiger partial charge in [-0.15, -0.1) is 0 Å². The molecule has 0 aliphatic heterocycles. The van der Waals surface area contributed by atoms with Crippen molar-refractivity contribution < 1.29 is 23.1 Å². The van der Waals surface area contributed by atoms with E-state index in [4.69, 9.17) is 9.05 Å². The van der Waals surface area contributed by atoms with Gasteiger partial charge in [0.2, 0.25) is 6.33 Å². The summed E-state index contributed by atoms with van der Waals surface area (Å²) in [6, 6.07) is 0. The average molecular weight is 643 g/mol. The molecule has 6 nitrogen and oxygen atoms in total. The number of unbranched alkanes of at least 4 members (excludes halogenated alkanes) is 22. The first-order valence-corrected chi connectivity index (χ1v) is 20.6. The first-order valence-electron chi connectivity index (χ1n) is 19.1. The molecule has 0 spiro atoms. The fourth-order valence-corrected chi connectivity index (χ4v) is 6.14. The highest BCUT2D eigenvalue weighted by molar-refractivity contribution is 7.45. The van der Waals surface area contributed by atoms with Crippen molar-refractivity contribution in [3.05, 3.63) is 18.7 Å². The lowest BCUT2D eigenvalue weighted by atomic mass is 10.0. The number of phosphoric ester groups is 1. The summed E-state index contributed by atoms with van der Waals surface area (Å²) in [5, 5.41) is 0. The largest absolute Gasteiger partial charge is 0.756 e. The number of aryl methyl sites for hydroxylation is 2. The van der Waals surface area contributed by atoms with Gasteiger partial charge in [-0.2, -0.15) is 0 Å². The maximum atomic E-state index is 11.3. The molecule has 0 saturated heterocycles. The van der Waals surface area contributed by atoms with Gasteiger partial charge in [-0.1, -0.05) is 156 Å². The van der Waals surface area contributed by atoms with E-state index in [2.05, 4.69) is 55.6 Å². The van der Waals surface area contributed by atoms with E-state index in [9.17, 15) is 9.46 Å². The summed E-state index contributed by atoms with van der Waals surface area (Å²) in [5.41, 5.74) is 0. The molecule has 0 saturated carbocycles. The predicted octanol–water partition coefficient (Wildman–Crippen LogP) is 11.5. The van der Waals surface area contributed by atoms with Crippen LogP contribution in [0, 0.1) is 0 Å². The first kappa shape index (κ1) is 43.3. The van der Waals surface area contributed by atoms with E-state index in [0.717, 1.165) is 51.4 Å². The maximum Gasteiger partial charge on any atom is 0.267 e. The van der Waals surface area contributed by atoms with Crippen LogP contribution in [0.1, 0.15) is 195 Å². The van der Waals surface area contributed by atoms with Gasteiger partial charge >= 0.3 is 0 Å². The molecule has 0 fully saturated rings. The smallest absolute Gasteiger partial charge is 0.267 e. The van der Waals surface area contributed by atoms with Gasteiger partial charge < -0.3 is 13.9 Å². The molecule has 0 amide bonds. The van der Waals surface area contributed by atoms with Crippen molar-refractivity contribution in [3.8, 4) is 0 Å². The monoisotopic (exact) mass is 643 g/mol. The van der Waals surface area contributed by atoms with Crippen LogP contribution in [0.4, 0.5) is 0 Å². The molecule has 0 N–H and O–H groups in total. The predicted molar refractivity (Wildman–Crippen MR) is 187 cm³/mol. The Morgan fingerprint density at radius 2 is 0.909 bits per heavy atom. The van der Waals surface area contributed by atoms with Crippen molar-refractivity contribution >= 4 is 7.82 Å². The summed E-state index contributed by atoms with van der Waals surface area (Å²) in [4.78, 5) is 11.3. The Morgan fingerprint density at radius 3 is 1.34 bits per heavy atom. The van der Waals surface area contributed by atoms with Crippen LogP contribution in [0.5, 0.6) is 0 Å². The minimum absolute atomic E-state index is 0.246. The van der Waals surface area contributed by atoms with Crippen molar-refractivity contribution in [2.45, 2.75) is 208 Å². The number of nitrogens with zero attached hydrogens (tertiary/aromatic N) is 2. The number of hydrogen-bond donors (Lipinski definition) is 0. The second-order valence-corrected chi connectivity index (χ2v) is 14.2. The zero-order chi connectivity index (χ0) is 32.4. The van der Waals surface area contributed by atoms with Gasteiger partial charge in [0.25, 0.3) is 7.82 Å². The molecule has 1 aromatic heterocycles. The highest BCUT2D eigenvalue weighted by atomic mass is 31.2. The highest BCUT2D eigenvalue weighted by Gasteiger charge is 2.08. The van der Waals surface area contributed by atoms with Crippen molar-refractivity contribution in [2.75, 3.05) is 13.2 Å². The summed E-state index contributed by atoms with van der Waals surface area (Å²) in [6.07, 6.45) is 40.4.